The van der Waals surface area contributed by atoms with Gasteiger partial charge in [-0.3, -0.25) is 19.7 Å². The fraction of sp³-hybridized carbons (Fsp3) is 0.385. The molecule has 114 valence electrons. The summed E-state index contributed by atoms with van der Waals surface area (Å²) in [7, 11) is 0. The second-order valence-corrected chi connectivity index (χ2v) is 4.00. The number of hydrogen-bond donors (Lipinski definition) is 0. The van der Waals surface area contributed by atoms with Crippen LogP contribution in [-0.4, -0.2) is 29.9 Å². The molecule has 0 radical (unpaired) electrons. The van der Waals surface area contributed by atoms with E-state index in [4.69, 9.17) is 4.74 Å². The van der Waals surface area contributed by atoms with E-state index in [2.05, 4.69) is 4.74 Å². The van der Waals surface area contributed by atoms with Gasteiger partial charge >= 0.3 is 5.97 Å². The van der Waals surface area contributed by atoms with Crippen LogP contribution in [0.25, 0.3) is 0 Å². The maximum atomic E-state index is 13.5. The van der Waals surface area contributed by atoms with Gasteiger partial charge in [0, 0.05) is 12.5 Å². The normalized spacial score (nSPS) is 10.0. The van der Waals surface area contributed by atoms with Crippen molar-refractivity contribution in [2.75, 3.05) is 13.2 Å². The van der Waals surface area contributed by atoms with Gasteiger partial charge in [0.15, 0.2) is 17.3 Å². The zero-order valence-corrected chi connectivity index (χ0v) is 11.3. The van der Waals surface area contributed by atoms with Crippen LogP contribution in [-0.2, 0) is 14.3 Å². The highest BCUT2D eigenvalue weighted by atomic mass is 19.1. The molecule has 0 aliphatic heterocycles. The van der Waals surface area contributed by atoms with Gasteiger partial charge in [0.2, 0.25) is 0 Å². The number of nitrogens with zero attached hydrogens (tertiary/aromatic N) is 1. The first-order valence-corrected chi connectivity index (χ1v) is 6.18. The van der Waals surface area contributed by atoms with Crippen LogP contribution >= 0.6 is 0 Å². The van der Waals surface area contributed by atoms with E-state index in [0.717, 1.165) is 12.1 Å². The number of hydrogen-bond acceptors (Lipinski definition) is 6. The van der Waals surface area contributed by atoms with Gasteiger partial charge in [0.05, 0.1) is 24.0 Å². The van der Waals surface area contributed by atoms with Crippen LogP contribution in [0, 0.1) is 15.9 Å². The van der Waals surface area contributed by atoms with Crippen molar-refractivity contribution in [3.05, 3.63) is 34.1 Å². The highest BCUT2D eigenvalue weighted by molar-refractivity contribution is 5.84. The lowest BCUT2D eigenvalue weighted by Crippen LogP contribution is -2.14. The van der Waals surface area contributed by atoms with Crippen molar-refractivity contribution in [3.8, 4) is 5.75 Å². The first kappa shape index (κ1) is 16.5. The van der Waals surface area contributed by atoms with E-state index >= 15 is 0 Å². The number of nitro groups is 1. The summed E-state index contributed by atoms with van der Waals surface area (Å²) >= 11 is 0. The number of non-ortho nitro benzene ring substituents is 1. The minimum Gasteiger partial charge on any atom is -0.483 e. The number of ketones is 1. The molecule has 0 saturated carbocycles. The number of benzene rings is 1. The largest absolute Gasteiger partial charge is 0.483 e. The van der Waals surface area contributed by atoms with Crippen LogP contribution in [0.3, 0.4) is 0 Å². The summed E-state index contributed by atoms with van der Waals surface area (Å²) in [6, 6.07) is 2.85. The maximum absolute atomic E-state index is 13.5. The Labute approximate surface area is 119 Å². The van der Waals surface area contributed by atoms with Crippen molar-refractivity contribution in [2.45, 2.75) is 19.8 Å². The van der Waals surface area contributed by atoms with Gasteiger partial charge in [-0.1, -0.05) is 0 Å². The van der Waals surface area contributed by atoms with Gasteiger partial charge in [-0.2, -0.15) is 0 Å². The lowest BCUT2D eigenvalue weighted by molar-refractivity contribution is -0.385. The highest BCUT2D eigenvalue weighted by Crippen LogP contribution is 2.22. The summed E-state index contributed by atoms with van der Waals surface area (Å²) in [5.74, 6) is -2.08. The molecule has 0 spiro atoms. The number of Topliss-reactive ketones (excluding diaryl/α,β-unsaturated/α-hetero) is 1. The molecule has 0 N–H and O–H groups in total. The topological polar surface area (TPSA) is 95.7 Å². The second kappa shape index (κ2) is 7.93. The van der Waals surface area contributed by atoms with E-state index in [1.165, 1.54) is 0 Å². The van der Waals surface area contributed by atoms with Crippen LogP contribution in [0.4, 0.5) is 10.1 Å². The molecule has 0 heterocycles. The number of rotatable bonds is 8. The van der Waals surface area contributed by atoms with Gasteiger partial charge in [-0.15, -0.1) is 0 Å². The minimum absolute atomic E-state index is 0.0707. The lowest BCUT2D eigenvalue weighted by atomic mass is 10.2. The lowest BCUT2D eigenvalue weighted by Gasteiger charge is -2.06. The maximum Gasteiger partial charge on any atom is 0.306 e. The predicted octanol–water partition coefficient (Wildman–Crippen LogP) is 2.03. The summed E-state index contributed by atoms with van der Waals surface area (Å²) < 4.78 is 23.0. The zero-order chi connectivity index (χ0) is 15.8. The molecular weight excluding hydrogens is 285 g/mol. The van der Waals surface area contributed by atoms with Gasteiger partial charge in [-0.25, -0.2) is 4.39 Å². The van der Waals surface area contributed by atoms with E-state index in [0.29, 0.717) is 6.07 Å². The average molecular weight is 299 g/mol. The molecule has 0 bridgehead atoms. The van der Waals surface area contributed by atoms with Crippen molar-refractivity contribution in [2.24, 2.45) is 0 Å². The third kappa shape index (κ3) is 5.55. The average Bonchev–Trinajstić information content (AvgIpc) is 2.44. The molecule has 0 unspecified atom stereocenters. The number of esters is 1. The summed E-state index contributed by atoms with van der Waals surface area (Å²) in [5, 5.41) is 10.4. The summed E-state index contributed by atoms with van der Waals surface area (Å²) in [5.41, 5.74) is -0.409. The third-order valence-corrected chi connectivity index (χ3v) is 2.43. The fourth-order valence-corrected chi connectivity index (χ4v) is 1.43. The van der Waals surface area contributed by atoms with Crippen molar-refractivity contribution >= 4 is 17.4 Å². The molecule has 1 aromatic carbocycles. The molecular formula is C13H14FNO6. The molecule has 7 nitrogen and oxygen atoms in total. The molecule has 0 saturated heterocycles. The Morgan fingerprint density at radius 1 is 1.33 bits per heavy atom. The first-order valence-electron chi connectivity index (χ1n) is 6.18. The van der Waals surface area contributed by atoms with Crippen molar-refractivity contribution in [3.63, 3.8) is 0 Å². The SMILES string of the molecule is CCOC(=O)CCC(=O)COc1ccc([N+](=O)[O-])cc1F. The van der Waals surface area contributed by atoms with Gasteiger partial charge in [-0.05, 0) is 13.0 Å². The number of halogens is 1. The molecule has 8 heteroatoms. The van der Waals surface area contributed by atoms with Crippen molar-refractivity contribution in [1.82, 2.24) is 0 Å². The Hall–Kier alpha value is -2.51. The standard InChI is InChI=1S/C13H14FNO6/c1-2-20-13(17)6-4-10(16)8-21-12-5-3-9(15(18)19)7-11(12)14/h3,5,7H,2,4,6,8H2,1H3. The van der Waals surface area contributed by atoms with Crippen molar-refractivity contribution < 1.29 is 28.4 Å². The van der Waals surface area contributed by atoms with E-state index in [9.17, 15) is 24.1 Å². The van der Waals surface area contributed by atoms with Crippen LogP contribution in [0.15, 0.2) is 18.2 Å². The van der Waals surface area contributed by atoms with Gasteiger partial charge in [0.25, 0.3) is 5.69 Å². The van der Waals surface area contributed by atoms with Crippen molar-refractivity contribution in [1.29, 1.82) is 0 Å². The van der Waals surface area contributed by atoms with E-state index in [-0.39, 0.29) is 25.2 Å². The molecule has 0 aliphatic rings. The van der Waals surface area contributed by atoms with Gasteiger partial charge < -0.3 is 9.47 Å². The Morgan fingerprint density at radius 3 is 2.62 bits per heavy atom. The Morgan fingerprint density at radius 2 is 2.05 bits per heavy atom. The second-order valence-electron chi connectivity index (χ2n) is 4.00. The molecule has 0 aliphatic carbocycles. The Bertz CT molecular complexity index is 545. The quantitative estimate of drug-likeness (QED) is 0.414. The Kier molecular flexibility index (Phi) is 6.25. The number of ether oxygens (including phenoxy) is 2. The summed E-state index contributed by atoms with van der Waals surface area (Å²) in [4.78, 5) is 32.2. The number of nitro benzene ring substituents is 1. The fourth-order valence-electron chi connectivity index (χ4n) is 1.43. The molecule has 0 aromatic heterocycles. The monoisotopic (exact) mass is 299 g/mol. The molecule has 0 amide bonds. The molecule has 1 rings (SSSR count). The third-order valence-electron chi connectivity index (χ3n) is 2.43. The molecule has 21 heavy (non-hydrogen) atoms. The van der Waals surface area contributed by atoms with E-state index in [1.807, 2.05) is 0 Å². The van der Waals surface area contributed by atoms with E-state index in [1.54, 1.807) is 6.92 Å². The summed E-state index contributed by atoms with van der Waals surface area (Å²) in [6.07, 6.45) is -0.147. The first-order chi connectivity index (χ1) is 9.93. The predicted molar refractivity (Wildman–Crippen MR) is 69.4 cm³/mol. The highest BCUT2D eigenvalue weighted by Gasteiger charge is 2.13. The van der Waals surface area contributed by atoms with Crippen LogP contribution in [0.5, 0.6) is 5.75 Å². The summed E-state index contributed by atoms with van der Waals surface area (Å²) in [6.45, 7) is 1.46. The van der Waals surface area contributed by atoms with Crippen LogP contribution in [0.2, 0.25) is 0 Å². The minimum atomic E-state index is -0.928. The molecule has 0 fully saturated rings. The Balaban J connectivity index is 2.46. The number of carbonyl (C=O) groups is 2. The molecule has 0 atom stereocenters. The zero-order valence-electron chi connectivity index (χ0n) is 11.3. The van der Waals surface area contributed by atoms with Crippen LogP contribution in [0.1, 0.15) is 19.8 Å². The number of carbonyl (C=O) groups excluding carboxylic acids is 2. The van der Waals surface area contributed by atoms with Gasteiger partial charge in [0.1, 0.15) is 6.61 Å². The van der Waals surface area contributed by atoms with E-state index < -0.39 is 34.8 Å². The smallest absolute Gasteiger partial charge is 0.306 e. The molecule has 1 aromatic rings. The van der Waals surface area contributed by atoms with Crippen LogP contribution < -0.4 is 4.74 Å².